The maximum Gasteiger partial charge on any atom is 1.00 e. The van der Waals surface area contributed by atoms with Crippen LogP contribution in [0.4, 0.5) is 17.6 Å². The summed E-state index contributed by atoms with van der Waals surface area (Å²) in [4.78, 5) is 20.9. The zero-order valence-corrected chi connectivity index (χ0v) is 32.2. The first kappa shape index (κ1) is 45.2. The van der Waals surface area contributed by atoms with Gasteiger partial charge in [0.05, 0.1) is 13.7 Å². The van der Waals surface area contributed by atoms with E-state index in [4.69, 9.17) is 8.83 Å². The van der Waals surface area contributed by atoms with Crippen LogP contribution in [0.15, 0.2) is 130 Å². The van der Waals surface area contributed by atoms with E-state index in [0.29, 0.717) is 28.4 Å². The Morgan fingerprint density at radius 2 is 1.08 bits per heavy atom. The van der Waals surface area contributed by atoms with E-state index in [9.17, 15) is 27.5 Å². The molecule has 0 aliphatic heterocycles. The summed E-state index contributed by atoms with van der Waals surface area (Å²) in [6.45, 7) is -2.59. The van der Waals surface area contributed by atoms with Crippen LogP contribution in [0.25, 0.3) is 67.4 Å². The van der Waals surface area contributed by atoms with Crippen molar-refractivity contribution in [2.75, 3.05) is 7.11 Å². The number of ether oxygens (including phenoxy) is 3. The molecule has 302 valence electrons. The third kappa shape index (κ3) is 9.77. The van der Waals surface area contributed by atoms with Crippen molar-refractivity contribution in [3.05, 3.63) is 144 Å². The van der Waals surface area contributed by atoms with Crippen molar-refractivity contribution >= 4 is 45.5 Å². The number of aliphatic hydroxyl groups excluding tert-OH is 1. The molecule has 2 heterocycles. The van der Waals surface area contributed by atoms with Crippen molar-refractivity contribution in [3.8, 4) is 56.7 Å². The van der Waals surface area contributed by atoms with Crippen LogP contribution in [0, 0.1) is 13.8 Å². The minimum absolute atomic E-state index is 0. The molecule has 8 aromatic rings. The zero-order valence-electron chi connectivity index (χ0n) is 33.2. The summed E-state index contributed by atoms with van der Waals surface area (Å²) in [5.74, 6) is -0.572. The normalized spacial score (nSPS) is 10.8. The molecule has 60 heavy (non-hydrogen) atoms. The first-order valence-electron chi connectivity index (χ1n) is 17.8. The summed E-state index contributed by atoms with van der Waals surface area (Å²) in [7, 11) is 1.16. The van der Waals surface area contributed by atoms with Gasteiger partial charge in [0.15, 0.2) is 28.5 Å². The average molecular weight is 829 g/mol. The van der Waals surface area contributed by atoms with Crippen molar-refractivity contribution in [3.63, 3.8) is 0 Å². The summed E-state index contributed by atoms with van der Waals surface area (Å²) in [5.41, 5.74) is 9.10. The van der Waals surface area contributed by atoms with Gasteiger partial charge in [0.2, 0.25) is 11.8 Å². The number of halogens is 4. The molecular weight excluding hydrogens is 790 g/mol. The summed E-state index contributed by atoms with van der Waals surface area (Å²) in [5, 5.41) is 9.44. The van der Waals surface area contributed by atoms with Gasteiger partial charge in [-0.05, 0) is 71.5 Å². The molecule has 0 spiro atoms. The molecule has 0 aliphatic carbocycles. The molecule has 0 saturated carbocycles. The topological polar surface area (TPSA) is 117 Å². The molecule has 6 aromatic carbocycles. The van der Waals surface area contributed by atoms with Gasteiger partial charge in [-0.3, -0.25) is 0 Å². The number of carbonyl (C=O) groups excluding carboxylic acids is 1. The van der Waals surface area contributed by atoms with Crippen LogP contribution in [0.2, 0.25) is 0 Å². The van der Waals surface area contributed by atoms with E-state index in [0.717, 1.165) is 51.6 Å². The maximum atomic E-state index is 12.8. The molecule has 0 aliphatic rings. The number of benzene rings is 6. The minimum atomic E-state index is -3.10. The Labute approximate surface area is 365 Å². The van der Waals surface area contributed by atoms with Gasteiger partial charge in [-0.25, -0.2) is 14.8 Å². The Morgan fingerprint density at radius 1 is 0.650 bits per heavy atom. The molecule has 0 radical (unpaired) electrons. The molecule has 0 bridgehead atoms. The quantitative estimate of drug-likeness (QED) is 0.0858. The second-order valence-electron chi connectivity index (χ2n) is 12.9. The number of carbonyl (C=O) groups is 1. The second kappa shape index (κ2) is 19.9. The molecule has 0 saturated heterocycles. The van der Waals surface area contributed by atoms with Gasteiger partial charge in [-0.15, -0.1) is 0 Å². The smallest absolute Gasteiger partial charge is 1.00 e. The standard InChI is InChI=1S/C23H17F2NO4.C22H17F2NO3.Al.Li.4H/c1-13-15(14-7-4-3-5-8-14)9-6-10-16(13)21-26-18-11-17(22(27)28-2)19(30-23(24)25)12-20(18)29-21;1-13-16(14-6-3-2-4-7-14)8-5-9-17(13)21-25-18-10-15(12-26)19(28-22(23)24)11-20(18)27-21;;;;;;/h3-12,23H,1-2H3;2-11,22,26H,12H2,1H3;;;;;;/q;;;+1;;;;-1. The van der Waals surface area contributed by atoms with E-state index in [1.54, 1.807) is 0 Å². The van der Waals surface area contributed by atoms with Gasteiger partial charge in [0.1, 0.15) is 28.1 Å². The predicted octanol–water partition coefficient (Wildman–Crippen LogP) is 7.35. The van der Waals surface area contributed by atoms with E-state index < -0.39 is 25.8 Å². The number of alkyl halides is 4. The summed E-state index contributed by atoms with van der Waals surface area (Å²) >= 11 is 0. The Morgan fingerprint density at radius 3 is 1.53 bits per heavy atom. The molecule has 0 unspecified atom stereocenters. The number of hydrogen-bond acceptors (Lipinski definition) is 9. The first-order chi connectivity index (χ1) is 28.0. The number of methoxy groups -OCH3 is 1. The van der Waals surface area contributed by atoms with Crippen LogP contribution in [-0.4, -0.2) is 58.7 Å². The van der Waals surface area contributed by atoms with Crippen LogP contribution in [0.1, 0.15) is 28.5 Å². The molecule has 9 nitrogen and oxygen atoms in total. The number of fused-ring (bicyclic) bond motifs is 2. The molecule has 2 aromatic heterocycles. The molecule has 0 atom stereocenters. The average Bonchev–Trinajstić information content (AvgIpc) is 3.84. The van der Waals surface area contributed by atoms with Crippen LogP contribution >= 0.6 is 0 Å². The van der Waals surface area contributed by atoms with Crippen LogP contribution in [0.5, 0.6) is 11.5 Å². The van der Waals surface area contributed by atoms with Crippen molar-refractivity contribution in [1.82, 2.24) is 9.97 Å². The number of aromatic nitrogens is 2. The van der Waals surface area contributed by atoms with E-state index in [1.807, 2.05) is 111 Å². The van der Waals surface area contributed by atoms with Crippen LogP contribution < -0.4 is 28.3 Å². The Hall–Kier alpha value is -5.86. The summed E-state index contributed by atoms with van der Waals surface area (Å²) in [6, 6.07) is 36.8. The van der Waals surface area contributed by atoms with E-state index in [1.165, 1.54) is 24.3 Å². The summed E-state index contributed by atoms with van der Waals surface area (Å²) in [6.07, 6.45) is 0. The van der Waals surface area contributed by atoms with Crippen LogP contribution in [-0.2, 0) is 11.3 Å². The third-order valence-electron chi connectivity index (χ3n) is 9.37. The minimum Gasteiger partial charge on any atom is -1.00 e. The molecule has 1 N–H and O–H groups in total. The Kier molecular flexibility index (Phi) is 15.0. The van der Waals surface area contributed by atoms with E-state index in [2.05, 4.69) is 24.2 Å². The monoisotopic (exact) mass is 828 g/mol. The SMILES string of the molecule is COC(=O)c1cc2nc(-c3cccc(-c4ccccc4)c3C)oc2cc1OC(F)F.Cc1c(-c2ccccc2)cccc1-c1nc2cc(CO)c(OC(F)F)cc2o1.[AlH3].[H-].[Li+]. The van der Waals surface area contributed by atoms with Gasteiger partial charge in [0.25, 0.3) is 0 Å². The van der Waals surface area contributed by atoms with Crippen molar-refractivity contribution in [2.45, 2.75) is 33.7 Å². The van der Waals surface area contributed by atoms with E-state index >= 15 is 0 Å². The molecule has 0 fully saturated rings. The van der Waals surface area contributed by atoms with Crippen LogP contribution in [0.3, 0.4) is 0 Å². The van der Waals surface area contributed by atoms with Gasteiger partial charge >= 0.3 is 38.1 Å². The third-order valence-corrected chi connectivity index (χ3v) is 9.37. The molecule has 0 amide bonds. The van der Waals surface area contributed by atoms with Gasteiger partial charge in [-0.1, -0.05) is 84.9 Å². The second-order valence-corrected chi connectivity index (χ2v) is 12.9. The number of rotatable bonds is 10. The number of hydrogen-bond donors (Lipinski definition) is 1. The zero-order chi connectivity index (χ0) is 40.9. The predicted molar refractivity (Wildman–Crippen MR) is 221 cm³/mol. The van der Waals surface area contributed by atoms with Gasteiger partial charge in [0, 0.05) is 28.8 Å². The molecule has 15 heteroatoms. The number of nitrogens with zero attached hydrogens (tertiary/aromatic N) is 2. The van der Waals surface area contributed by atoms with Gasteiger partial charge in [-0.2, -0.15) is 17.6 Å². The van der Waals surface area contributed by atoms with Crippen molar-refractivity contribution in [1.29, 1.82) is 0 Å². The Balaban J connectivity index is 0.000000257. The van der Waals surface area contributed by atoms with Crippen molar-refractivity contribution < 1.29 is 70.8 Å². The first-order valence-corrected chi connectivity index (χ1v) is 17.8. The van der Waals surface area contributed by atoms with E-state index in [-0.39, 0.29) is 65.9 Å². The largest absolute Gasteiger partial charge is 1.00 e. The Bertz CT molecular complexity index is 2740. The van der Waals surface area contributed by atoms with Gasteiger partial charge < -0.3 is 29.6 Å². The summed E-state index contributed by atoms with van der Waals surface area (Å²) < 4.78 is 76.1. The molecular formula is C45H38AlF4LiN2O7. The van der Waals surface area contributed by atoms with Crippen molar-refractivity contribution in [2.24, 2.45) is 0 Å². The fraction of sp³-hybridized carbons (Fsp3) is 0.133. The number of oxazole rings is 2. The number of esters is 1. The number of aliphatic hydroxyl groups is 1. The fourth-order valence-corrected chi connectivity index (χ4v) is 6.57. The molecule has 8 rings (SSSR count). The fourth-order valence-electron chi connectivity index (χ4n) is 6.57. The maximum absolute atomic E-state index is 12.8.